The van der Waals surface area contributed by atoms with Gasteiger partial charge < -0.3 is 5.73 Å². The molecule has 0 aromatic carbocycles. The molecule has 2 N–H and O–H groups in total. The van der Waals surface area contributed by atoms with Crippen LogP contribution in [-0.4, -0.2) is 11.3 Å². The van der Waals surface area contributed by atoms with Gasteiger partial charge in [-0.1, -0.05) is 6.92 Å². The first-order valence-corrected chi connectivity index (χ1v) is 2.99. The Morgan fingerprint density at radius 2 is 2.14 bits per heavy atom. The molecule has 0 amide bonds. The van der Waals surface area contributed by atoms with Crippen molar-refractivity contribution in [1.82, 2.24) is 0 Å². The topological polar surface area (TPSA) is 26.0 Å². The van der Waals surface area contributed by atoms with Crippen LogP contribution in [0, 0.1) is 0 Å². The first-order chi connectivity index (χ1) is 3.12. The molecule has 0 bridgehead atoms. The van der Waals surface area contributed by atoms with E-state index in [9.17, 15) is 0 Å². The van der Waals surface area contributed by atoms with E-state index in [0.29, 0.717) is 6.54 Å². The molecule has 0 heterocycles. The predicted octanol–water partition coefficient (Wildman–Crippen LogP) is 1.04. The minimum Gasteiger partial charge on any atom is -0.329 e. The molecular weight excluding hydrogens is 106 g/mol. The van der Waals surface area contributed by atoms with Crippen LogP contribution in [-0.2, 0) is 0 Å². The Kier molecular flexibility index (Phi) is 2.69. The minimum atomic E-state index is 0.0556. The summed E-state index contributed by atoms with van der Waals surface area (Å²) in [7, 11) is 0. The number of rotatable bonds is 2. The van der Waals surface area contributed by atoms with Crippen LogP contribution in [0.5, 0.6) is 0 Å². The van der Waals surface area contributed by atoms with Crippen LogP contribution in [0.25, 0.3) is 0 Å². The Morgan fingerprint density at radius 3 is 2.14 bits per heavy atom. The van der Waals surface area contributed by atoms with Gasteiger partial charge in [-0.2, -0.15) is 12.6 Å². The second-order valence-electron chi connectivity index (χ2n) is 2.05. The lowest BCUT2D eigenvalue weighted by molar-refractivity contribution is 0.637. The monoisotopic (exact) mass is 119 g/mol. The summed E-state index contributed by atoms with van der Waals surface area (Å²) in [5, 5.41) is 0. The van der Waals surface area contributed by atoms with Gasteiger partial charge >= 0.3 is 0 Å². The van der Waals surface area contributed by atoms with Crippen molar-refractivity contribution in [2.45, 2.75) is 25.0 Å². The number of hydrogen-bond donors (Lipinski definition) is 2. The maximum absolute atomic E-state index is 5.34. The van der Waals surface area contributed by atoms with Crippen molar-refractivity contribution in [2.24, 2.45) is 5.73 Å². The summed E-state index contributed by atoms with van der Waals surface area (Å²) in [6, 6.07) is 0. The van der Waals surface area contributed by atoms with E-state index in [-0.39, 0.29) is 4.75 Å². The lowest BCUT2D eigenvalue weighted by Gasteiger charge is -2.17. The third-order valence-corrected chi connectivity index (χ3v) is 1.70. The Balaban J connectivity index is 3.36. The molecule has 0 aliphatic carbocycles. The van der Waals surface area contributed by atoms with Crippen LogP contribution in [0.15, 0.2) is 0 Å². The zero-order valence-corrected chi connectivity index (χ0v) is 5.83. The fourth-order valence-corrected chi connectivity index (χ4v) is 0.144. The number of thiol groups is 1. The second kappa shape index (κ2) is 2.58. The zero-order valence-electron chi connectivity index (χ0n) is 4.94. The fraction of sp³-hybridized carbons (Fsp3) is 1.00. The third-order valence-electron chi connectivity index (χ3n) is 1.20. The highest BCUT2D eigenvalue weighted by atomic mass is 32.1. The van der Waals surface area contributed by atoms with Crippen molar-refractivity contribution >= 4 is 12.6 Å². The van der Waals surface area contributed by atoms with E-state index < -0.39 is 0 Å². The molecule has 0 saturated heterocycles. The molecule has 1 nitrogen and oxygen atoms in total. The quantitative estimate of drug-likeness (QED) is 0.522. The van der Waals surface area contributed by atoms with Gasteiger partial charge in [-0.25, -0.2) is 0 Å². The fourth-order valence-electron chi connectivity index (χ4n) is 0.144. The molecular formula is C5H13NS. The van der Waals surface area contributed by atoms with Crippen LogP contribution in [0.3, 0.4) is 0 Å². The summed E-state index contributed by atoms with van der Waals surface area (Å²) in [6.45, 7) is 4.78. The summed E-state index contributed by atoms with van der Waals surface area (Å²) in [6.07, 6.45) is 1.03. The van der Waals surface area contributed by atoms with Crippen LogP contribution in [0.4, 0.5) is 0 Å². The summed E-state index contributed by atoms with van der Waals surface area (Å²) in [4.78, 5) is 0. The highest BCUT2D eigenvalue weighted by Crippen LogP contribution is 2.14. The first-order valence-electron chi connectivity index (χ1n) is 2.55. The second-order valence-corrected chi connectivity index (χ2v) is 3.13. The normalized spacial score (nSPS) is 18.9. The molecule has 0 aliphatic heterocycles. The van der Waals surface area contributed by atoms with E-state index in [1.807, 2.05) is 6.92 Å². The van der Waals surface area contributed by atoms with Gasteiger partial charge in [0.1, 0.15) is 0 Å². The van der Waals surface area contributed by atoms with Gasteiger partial charge in [0.25, 0.3) is 0 Å². The SMILES string of the molecule is CCC(C)(S)CN. The van der Waals surface area contributed by atoms with Crippen molar-refractivity contribution in [3.8, 4) is 0 Å². The largest absolute Gasteiger partial charge is 0.329 e. The van der Waals surface area contributed by atoms with Crippen LogP contribution in [0.2, 0.25) is 0 Å². The molecule has 0 aliphatic rings. The van der Waals surface area contributed by atoms with Crippen LogP contribution in [0.1, 0.15) is 20.3 Å². The predicted molar refractivity (Wildman–Crippen MR) is 36.7 cm³/mol. The number of nitrogens with two attached hydrogens (primary N) is 1. The molecule has 0 rings (SSSR count). The van der Waals surface area contributed by atoms with Gasteiger partial charge in [-0.05, 0) is 13.3 Å². The van der Waals surface area contributed by atoms with Crippen LogP contribution >= 0.6 is 12.6 Å². The molecule has 0 fully saturated rings. The minimum absolute atomic E-state index is 0.0556. The lowest BCUT2D eigenvalue weighted by Crippen LogP contribution is -2.26. The van der Waals surface area contributed by atoms with Gasteiger partial charge in [0.2, 0.25) is 0 Å². The smallest absolute Gasteiger partial charge is 0.0221 e. The van der Waals surface area contributed by atoms with Crippen molar-refractivity contribution in [3.05, 3.63) is 0 Å². The molecule has 44 valence electrons. The number of hydrogen-bond acceptors (Lipinski definition) is 2. The van der Waals surface area contributed by atoms with Crippen molar-refractivity contribution in [1.29, 1.82) is 0 Å². The van der Waals surface area contributed by atoms with Crippen LogP contribution < -0.4 is 5.73 Å². The average molecular weight is 119 g/mol. The molecule has 0 aromatic heterocycles. The summed E-state index contributed by atoms with van der Waals surface area (Å²) in [5.74, 6) is 0. The third kappa shape index (κ3) is 2.94. The van der Waals surface area contributed by atoms with Gasteiger partial charge in [0, 0.05) is 11.3 Å². The molecule has 0 aromatic rings. The molecule has 2 heteroatoms. The summed E-state index contributed by atoms with van der Waals surface area (Å²) >= 11 is 4.26. The van der Waals surface area contributed by atoms with Gasteiger partial charge in [0.05, 0.1) is 0 Å². The summed E-state index contributed by atoms with van der Waals surface area (Å²) in [5.41, 5.74) is 5.34. The molecule has 0 spiro atoms. The lowest BCUT2D eigenvalue weighted by atomic mass is 10.1. The van der Waals surface area contributed by atoms with Gasteiger partial charge in [-0.15, -0.1) is 0 Å². The molecule has 1 unspecified atom stereocenters. The maximum Gasteiger partial charge on any atom is 0.0221 e. The highest BCUT2D eigenvalue weighted by Gasteiger charge is 2.11. The first kappa shape index (κ1) is 7.31. The molecule has 0 saturated carbocycles. The van der Waals surface area contributed by atoms with Crippen molar-refractivity contribution in [2.75, 3.05) is 6.54 Å². The molecule has 0 radical (unpaired) electrons. The van der Waals surface area contributed by atoms with Gasteiger partial charge in [0.15, 0.2) is 0 Å². The maximum atomic E-state index is 5.34. The van der Waals surface area contributed by atoms with Gasteiger partial charge in [-0.3, -0.25) is 0 Å². The Labute approximate surface area is 50.7 Å². The summed E-state index contributed by atoms with van der Waals surface area (Å²) < 4.78 is 0.0556. The molecule has 1 atom stereocenters. The van der Waals surface area contributed by atoms with E-state index in [2.05, 4.69) is 19.6 Å². The zero-order chi connectivity index (χ0) is 5.91. The van der Waals surface area contributed by atoms with Crippen molar-refractivity contribution < 1.29 is 0 Å². The van der Waals surface area contributed by atoms with E-state index in [1.54, 1.807) is 0 Å². The van der Waals surface area contributed by atoms with E-state index in [0.717, 1.165) is 6.42 Å². The Hall–Kier alpha value is 0.310. The van der Waals surface area contributed by atoms with E-state index >= 15 is 0 Å². The van der Waals surface area contributed by atoms with Crippen molar-refractivity contribution in [3.63, 3.8) is 0 Å². The standard InChI is InChI=1S/C5H13NS/c1-3-5(2,7)4-6/h7H,3-4,6H2,1-2H3. The molecule has 7 heavy (non-hydrogen) atoms. The Morgan fingerprint density at radius 1 is 1.71 bits per heavy atom. The van der Waals surface area contributed by atoms with E-state index in [1.165, 1.54) is 0 Å². The Bertz CT molecular complexity index is 46.0. The average Bonchev–Trinajstić information content (AvgIpc) is 1.68. The highest BCUT2D eigenvalue weighted by molar-refractivity contribution is 7.81. The van der Waals surface area contributed by atoms with E-state index in [4.69, 9.17) is 5.73 Å².